The zero-order valence-corrected chi connectivity index (χ0v) is 18.2. The van der Waals surface area contributed by atoms with E-state index < -0.39 is 16.0 Å². The summed E-state index contributed by atoms with van der Waals surface area (Å²) in [6, 6.07) is 5.07. The normalized spacial score (nSPS) is 19.7. The van der Waals surface area contributed by atoms with E-state index in [1.54, 1.807) is 36.9 Å². The topological polar surface area (TPSA) is 128 Å². The molecule has 2 aromatic heterocycles. The number of methoxy groups -OCH3 is 1. The lowest BCUT2D eigenvalue weighted by Crippen LogP contribution is -2.29. The van der Waals surface area contributed by atoms with E-state index in [4.69, 9.17) is 4.74 Å². The number of aliphatic carboxylic acids is 1. The molecular weight excluding hydrogens is 422 g/mol. The van der Waals surface area contributed by atoms with Crippen LogP contribution in [0.4, 0.5) is 0 Å². The Hall–Kier alpha value is -3.05. The van der Waals surface area contributed by atoms with Crippen LogP contribution < -0.4 is 4.74 Å². The summed E-state index contributed by atoms with van der Waals surface area (Å²) < 4.78 is 34.7. The molecule has 164 valence electrons. The number of rotatable bonds is 6. The fourth-order valence-corrected chi connectivity index (χ4v) is 5.37. The number of benzene rings is 1. The van der Waals surface area contributed by atoms with Gasteiger partial charge >= 0.3 is 5.97 Å². The van der Waals surface area contributed by atoms with Crippen LogP contribution in [0.5, 0.6) is 5.75 Å². The van der Waals surface area contributed by atoms with Crippen molar-refractivity contribution in [1.29, 1.82) is 0 Å². The van der Waals surface area contributed by atoms with Gasteiger partial charge in [0.05, 0.1) is 43.2 Å². The molecule has 1 aliphatic heterocycles. The molecule has 0 bridgehead atoms. The summed E-state index contributed by atoms with van der Waals surface area (Å²) in [5.41, 5.74) is 1.15. The van der Waals surface area contributed by atoms with Gasteiger partial charge < -0.3 is 9.84 Å². The number of hydrogen-bond acceptors (Lipinski definition) is 7. The van der Waals surface area contributed by atoms with Gasteiger partial charge in [-0.05, 0) is 25.0 Å². The Bertz CT molecular complexity index is 1240. The maximum Gasteiger partial charge on any atom is 0.309 e. The third-order valence-electron chi connectivity index (χ3n) is 5.56. The molecule has 3 aromatic rings. The molecule has 4 rings (SSSR count). The SMILES string of the molecule is COc1ccc2c(CC(=O)O)nn([C@H]3CN(S(=O)(=O)c4cnc(C)nc4)C[C@H]3C)c2c1. The van der Waals surface area contributed by atoms with Gasteiger partial charge in [0.1, 0.15) is 16.5 Å². The first-order valence-electron chi connectivity index (χ1n) is 9.76. The molecule has 3 heterocycles. The number of aryl methyl sites for hydroxylation is 1. The van der Waals surface area contributed by atoms with Crippen LogP contribution in [0, 0.1) is 12.8 Å². The van der Waals surface area contributed by atoms with Crippen LogP contribution in [0.25, 0.3) is 10.9 Å². The summed E-state index contributed by atoms with van der Waals surface area (Å²) in [5, 5.41) is 14.6. The quantitative estimate of drug-likeness (QED) is 0.607. The highest BCUT2D eigenvalue weighted by atomic mass is 32.2. The number of ether oxygens (including phenoxy) is 1. The molecule has 1 fully saturated rings. The number of carbonyl (C=O) groups is 1. The number of fused-ring (bicyclic) bond motifs is 1. The van der Waals surface area contributed by atoms with Crippen LogP contribution in [0.15, 0.2) is 35.5 Å². The van der Waals surface area contributed by atoms with Crippen molar-refractivity contribution in [1.82, 2.24) is 24.1 Å². The zero-order valence-electron chi connectivity index (χ0n) is 17.4. The smallest absolute Gasteiger partial charge is 0.309 e. The predicted molar refractivity (Wildman–Crippen MR) is 111 cm³/mol. The second kappa shape index (κ2) is 7.89. The Kier molecular flexibility index (Phi) is 5.40. The lowest BCUT2D eigenvalue weighted by atomic mass is 10.1. The lowest BCUT2D eigenvalue weighted by Gasteiger charge is -2.17. The fraction of sp³-hybridized carbons (Fsp3) is 0.400. The molecule has 0 spiro atoms. The van der Waals surface area contributed by atoms with Gasteiger partial charge in [-0.2, -0.15) is 9.40 Å². The number of carboxylic acid groups (broad SMARTS) is 1. The summed E-state index contributed by atoms with van der Waals surface area (Å²) in [6.07, 6.45) is 2.41. The predicted octanol–water partition coefficient (Wildman–Crippen LogP) is 1.65. The van der Waals surface area contributed by atoms with Gasteiger partial charge in [0.25, 0.3) is 0 Å². The average molecular weight is 446 g/mol. The van der Waals surface area contributed by atoms with Crippen LogP contribution in [-0.4, -0.2) is 63.7 Å². The van der Waals surface area contributed by atoms with Crippen molar-refractivity contribution < 1.29 is 23.1 Å². The third-order valence-corrected chi connectivity index (χ3v) is 7.34. The molecule has 1 aromatic carbocycles. The van der Waals surface area contributed by atoms with Gasteiger partial charge in [-0.3, -0.25) is 9.48 Å². The first kappa shape index (κ1) is 21.2. The Balaban J connectivity index is 1.73. The number of carboxylic acids is 1. The number of nitrogens with zero attached hydrogens (tertiary/aromatic N) is 5. The molecular formula is C20H23N5O5S. The van der Waals surface area contributed by atoms with Crippen LogP contribution in [0.2, 0.25) is 0 Å². The summed E-state index contributed by atoms with van der Waals surface area (Å²) in [5.74, 6) is 0.0792. The van der Waals surface area contributed by atoms with Crippen molar-refractivity contribution in [2.75, 3.05) is 20.2 Å². The Morgan fingerprint density at radius 3 is 2.61 bits per heavy atom. The van der Waals surface area contributed by atoms with E-state index in [2.05, 4.69) is 15.1 Å². The van der Waals surface area contributed by atoms with Crippen molar-refractivity contribution in [3.05, 3.63) is 42.1 Å². The van der Waals surface area contributed by atoms with Crippen LogP contribution >= 0.6 is 0 Å². The number of sulfonamides is 1. The first-order valence-corrected chi connectivity index (χ1v) is 11.2. The summed E-state index contributed by atoms with van der Waals surface area (Å²) >= 11 is 0. The first-order chi connectivity index (χ1) is 14.7. The Morgan fingerprint density at radius 1 is 1.26 bits per heavy atom. The minimum absolute atomic E-state index is 0.0458. The van der Waals surface area contributed by atoms with E-state index in [9.17, 15) is 18.3 Å². The maximum absolute atomic E-state index is 13.1. The van der Waals surface area contributed by atoms with Gasteiger partial charge in [-0.25, -0.2) is 18.4 Å². The van der Waals surface area contributed by atoms with Crippen LogP contribution in [0.3, 0.4) is 0 Å². The molecule has 0 saturated carbocycles. The van der Waals surface area contributed by atoms with Gasteiger partial charge in [0.15, 0.2) is 0 Å². The Morgan fingerprint density at radius 2 is 1.97 bits per heavy atom. The highest BCUT2D eigenvalue weighted by molar-refractivity contribution is 7.89. The van der Waals surface area contributed by atoms with E-state index in [0.29, 0.717) is 34.7 Å². The van der Waals surface area contributed by atoms with E-state index in [1.807, 2.05) is 6.92 Å². The second-order valence-electron chi connectivity index (χ2n) is 7.68. The summed E-state index contributed by atoms with van der Waals surface area (Å²) in [4.78, 5) is 19.4. The highest BCUT2D eigenvalue weighted by Crippen LogP contribution is 2.35. The van der Waals surface area contributed by atoms with E-state index >= 15 is 0 Å². The average Bonchev–Trinajstić information content (AvgIpc) is 3.28. The van der Waals surface area contributed by atoms with Gasteiger partial charge in [-0.1, -0.05) is 6.92 Å². The molecule has 10 nitrogen and oxygen atoms in total. The molecule has 0 aliphatic carbocycles. The maximum atomic E-state index is 13.1. The Labute approximate surface area is 179 Å². The summed E-state index contributed by atoms with van der Waals surface area (Å²) in [7, 11) is -2.21. The standard InChI is InChI=1S/C20H23N5O5S/c1-12-10-24(31(28,29)15-8-21-13(2)22-9-15)11-19(12)25-18-6-14(30-3)4-5-16(18)17(23-25)7-20(26)27/h4-6,8-9,12,19H,7,10-11H2,1-3H3,(H,26,27)/t12-,19+/m1/s1. The zero-order chi connectivity index (χ0) is 22.3. The largest absolute Gasteiger partial charge is 0.497 e. The molecule has 31 heavy (non-hydrogen) atoms. The molecule has 1 aliphatic rings. The molecule has 1 N–H and O–H groups in total. The second-order valence-corrected chi connectivity index (χ2v) is 9.62. The highest BCUT2D eigenvalue weighted by Gasteiger charge is 2.39. The van der Waals surface area contributed by atoms with Gasteiger partial charge in [0, 0.05) is 24.5 Å². The minimum atomic E-state index is -3.76. The molecule has 2 atom stereocenters. The van der Waals surface area contributed by atoms with Crippen LogP contribution in [-0.2, 0) is 21.2 Å². The molecule has 0 radical (unpaired) electrons. The van der Waals surface area contributed by atoms with Crippen molar-refractivity contribution in [2.24, 2.45) is 5.92 Å². The van der Waals surface area contributed by atoms with E-state index in [0.717, 1.165) is 0 Å². The van der Waals surface area contributed by atoms with Gasteiger partial charge in [-0.15, -0.1) is 0 Å². The van der Waals surface area contributed by atoms with Crippen molar-refractivity contribution in [2.45, 2.75) is 31.2 Å². The number of hydrogen-bond donors (Lipinski definition) is 1. The third kappa shape index (κ3) is 3.86. The minimum Gasteiger partial charge on any atom is -0.497 e. The molecule has 0 unspecified atom stereocenters. The van der Waals surface area contributed by atoms with Crippen molar-refractivity contribution in [3.8, 4) is 5.75 Å². The monoisotopic (exact) mass is 445 g/mol. The summed E-state index contributed by atoms with van der Waals surface area (Å²) in [6.45, 7) is 4.16. The number of aromatic nitrogens is 4. The molecule has 1 saturated heterocycles. The molecule has 11 heteroatoms. The van der Waals surface area contributed by atoms with E-state index in [1.165, 1.54) is 16.7 Å². The van der Waals surface area contributed by atoms with Crippen molar-refractivity contribution in [3.63, 3.8) is 0 Å². The molecule has 0 amide bonds. The lowest BCUT2D eigenvalue weighted by molar-refractivity contribution is -0.136. The van der Waals surface area contributed by atoms with Crippen molar-refractivity contribution >= 4 is 26.9 Å². The fourth-order valence-electron chi connectivity index (χ4n) is 3.92. The van der Waals surface area contributed by atoms with Crippen LogP contribution in [0.1, 0.15) is 24.5 Å². The van der Waals surface area contributed by atoms with Gasteiger partial charge in [0.2, 0.25) is 10.0 Å². The van der Waals surface area contributed by atoms with E-state index in [-0.39, 0.29) is 29.8 Å².